The third kappa shape index (κ3) is 4.60. The quantitative estimate of drug-likeness (QED) is 0.680. The van der Waals surface area contributed by atoms with Gasteiger partial charge in [-0.3, -0.25) is 4.79 Å². The molecule has 3 heteroatoms. The molecule has 0 fully saturated rings. The number of rotatable bonds is 7. The predicted molar refractivity (Wildman–Crippen MR) is 94.0 cm³/mol. The summed E-state index contributed by atoms with van der Waals surface area (Å²) in [6, 6.07) is 15.5. The molecule has 0 saturated heterocycles. The molecule has 0 unspecified atom stereocenters. The number of anilines is 1. The summed E-state index contributed by atoms with van der Waals surface area (Å²) >= 11 is 5.82. The van der Waals surface area contributed by atoms with Crippen LogP contribution in [-0.4, -0.2) is 12.3 Å². The van der Waals surface area contributed by atoms with Gasteiger partial charge in [-0.15, -0.1) is 0 Å². The molecule has 2 aromatic rings. The highest BCUT2D eigenvalue weighted by Crippen LogP contribution is 2.20. The molecular weight excluding hydrogens is 294 g/mol. The molecule has 0 aliphatic heterocycles. The number of nitrogens with one attached hydrogen (secondary N) is 1. The second-order valence-electron chi connectivity index (χ2n) is 5.54. The Kier molecular flexibility index (Phi) is 6.02. The molecule has 1 N–H and O–H groups in total. The van der Waals surface area contributed by atoms with Gasteiger partial charge in [0.2, 0.25) is 0 Å². The number of carbonyl (C=O) groups is 1. The zero-order chi connectivity index (χ0) is 15.9. The molecule has 0 aliphatic rings. The summed E-state index contributed by atoms with van der Waals surface area (Å²) in [5.41, 5.74) is 3.11. The lowest BCUT2D eigenvalue weighted by Gasteiger charge is -2.11. The smallest absolute Gasteiger partial charge is 0.164 e. The average molecular weight is 316 g/mol. The van der Waals surface area contributed by atoms with Gasteiger partial charge in [0.15, 0.2) is 5.78 Å². The Morgan fingerprint density at radius 3 is 2.32 bits per heavy atom. The van der Waals surface area contributed by atoms with Gasteiger partial charge < -0.3 is 5.32 Å². The van der Waals surface area contributed by atoms with Crippen molar-refractivity contribution in [3.63, 3.8) is 0 Å². The molecule has 0 spiro atoms. The van der Waals surface area contributed by atoms with Crippen LogP contribution >= 0.6 is 11.6 Å². The Hall–Kier alpha value is -1.80. The topological polar surface area (TPSA) is 29.1 Å². The van der Waals surface area contributed by atoms with Gasteiger partial charge in [-0.2, -0.15) is 0 Å². The fourth-order valence-electron chi connectivity index (χ4n) is 2.27. The summed E-state index contributed by atoms with van der Waals surface area (Å²) in [6.07, 6.45) is 1.61. The van der Waals surface area contributed by atoms with E-state index in [0.29, 0.717) is 29.5 Å². The number of benzene rings is 2. The van der Waals surface area contributed by atoms with E-state index in [-0.39, 0.29) is 5.78 Å². The van der Waals surface area contributed by atoms with Crippen molar-refractivity contribution < 1.29 is 4.79 Å². The van der Waals surface area contributed by atoms with Crippen LogP contribution in [0.25, 0.3) is 0 Å². The first-order valence-corrected chi connectivity index (χ1v) is 8.10. The molecule has 2 aromatic carbocycles. The van der Waals surface area contributed by atoms with E-state index in [0.717, 1.165) is 12.1 Å². The van der Waals surface area contributed by atoms with E-state index in [2.05, 4.69) is 43.4 Å². The minimum Gasteiger partial charge on any atom is -0.385 e. The second-order valence-corrected chi connectivity index (χ2v) is 5.97. The molecule has 1 atom stereocenters. The molecule has 0 aliphatic carbocycles. The standard InChI is InChI=1S/C19H22ClNO/c1-3-14(2)15-6-10-18(11-7-15)21-13-12-19(22)16-4-8-17(20)9-5-16/h4-11,14,21H,3,12-13H2,1-2H3/t14-/m1/s1. The van der Waals surface area contributed by atoms with Crippen LogP contribution < -0.4 is 5.32 Å². The molecular formula is C19H22ClNO. The average Bonchev–Trinajstić information content (AvgIpc) is 2.55. The maximum atomic E-state index is 12.0. The lowest BCUT2D eigenvalue weighted by Crippen LogP contribution is -2.08. The van der Waals surface area contributed by atoms with Crippen LogP contribution in [0, 0.1) is 0 Å². The van der Waals surface area contributed by atoms with Crippen molar-refractivity contribution in [3.8, 4) is 0 Å². The molecule has 0 saturated carbocycles. The van der Waals surface area contributed by atoms with Gasteiger partial charge in [-0.05, 0) is 54.3 Å². The maximum Gasteiger partial charge on any atom is 0.164 e. The van der Waals surface area contributed by atoms with Crippen molar-refractivity contribution in [1.29, 1.82) is 0 Å². The molecule has 0 aromatic heterocycles. The Labute approximate surface area is 137 Å². The van der Waals surface area contributed by atoms with Crippen LogP contribution in [0.2, 0.25) is 5.02 Å². The van der Waals surface area contributed by atoms with Crippen molar-refractivity contribution >= 4 is 23.1 Å². The highest BCUT2D eigenvalue weighted by Gasteiger charge is 2.06. The zero-order valence-corrected chi connectivity index (χ0v) is 13.9. The molecule has 0 amide bonds. The Morgan fingerprint density at radius 2 is 1.73 bits per heavy atom. The first-order valence-electron chi connectivity index (χ1n) is 7.72. The molecule has 0 heterocycles. The van der Waals surface area contributed by atoms with E-state index in [1.165, 1.54) is 5.56 Å². The number of halogens is 1. The van der Waals surface area contributed by atoms with E-state index in [1.54, 1.807) is 24.3 Å². The van der Waals surface area contributed by atoms with Crippen LogP contribution in [-0.2, 0) is 0 Å². The molecule has 0 bridgehead atoms. The molecule has 0 radical (unpaired) electrons. The number of ketones is 1. The fourth-order valence-corrected chi connectivity index (χ4v) is 2.39. The summed E-state index contributed by atoms with van der Waals surface area (Å²) < 4.78 is 0. The van der Waals surface area contributed by atoms with Gasteiger partial charge in [0.25, 0.3) is 0 Å². The van der Waals surface area contributed by atoms with Crippen molar-refractivity contribution in [2.24, 2.45) is 0 Å². The third-order valence-electron chi connectivity index (χ3n) is 3.94. The number of hydrogen-bond donors (Lipinski definition) is 1. The summed E-state index contributed by atoms with van der Waals surface area (Å²) in [4.78, 5) is 12.0. The number of carbonyl (C=O) groups excluding carboxylic acids is 1. The Morgan fingerprint density at radius 1 is 1.09 bits per heavy atom. The van der Waals surface area contributed by atoms with Gasteiger partial charge in [-0.25, -0.2) is 0 Å². The maximum absolute atomic E-state index is 12.0. The van der Waals surface area contributed by atoms with E-state index < -0.39 is 0 Å². The largest absolute Gasteiger partial charge is 0.385 e. The van der Waals surface area contributed by atoms with Crippen molar-refractivity contribution in [2.45, 2.75) is 32.6 Å². The van der Waals surface area contributed by atoms with Gasteiger partial charge in [0, 0.05) is 29.2 Å². The summed E-state index contributed by atoms with van der Waals surface area (Å²) in [5.74, 6) is 0.709. The van der Waals surface area contributed by atoms with Crippen molar-refractivity contribution in [2.75, 3.05) is 11.9 Å². The zero-order valence-electron chi connectivity index (χ0n) is 13.1. The SMILES string of the molecule is CC[C@@H](C)c1ccc(NCCC(=O)c2ccc(Cl)cc2)cc1. The first-order chi connectivity index (χ1) is 10.6. The number of Topliss-reactive ketones (excluding diaryl/α,β-unsaturated/α-hetero) is 1. The minimum atomic E-state index is 0.125. The predicted octanol–water partition coefficient (Wildman–Crippen LogP) is 5.54. The third-order valence-corrected chi connectivity index (χ3v) is 4.19. The van der Waals surface area contributed by atoms with Crippen LogP contribution in [0.1, 0.15) is 48.5 Å². The number of hydrogen-bond acceptors (Lipinski definition) is 2. The lowest BCUT2D eigenvalue weighted by atomic mass is 9.98. The monoisotopic (exact) mass is 315 g/mol. The lowest BCUT2D eigenvalue weighted by molar-refractivity contribution is 0.0986. The Balaban J connectivity index is 1.83. The van der Waals surface area contributed by atoms with Crippen LogP contribution in [0.5, 0.6) is 0 Å². The summed E-state index contributed by atoms with van der Waals surface area (Å²) in [7, 11) is 0. The van der Waals surface area contributed by atoms with Gasteiger partial charge >= 0.3 is 0 Å². The van der Waals surface area contributed by atoms with E-state index >= 15 is 0 Å². The van der Waals surface area contributed by atoms with E-state index in [1.807, 2.05) is 0 Å². The Bertz CT molecular complexity index is 604. The van der Waals surface area contributed by atoms with Gasteiger partial charge in [-0.1, -0.05) is 37.6 Å². The van der Waals surface area contributed by atoms with Crippen LogP contribution in [0.4, 0.5) is 5.69 Å². The highest BCUT2D eigenvalue weighted by atomic mass is 35.5. The van der Waals surface area contributed by atoms with Crippen molar-refractivity contribution in [1.82, 2.24) is 0 Å². The second kappa shape index (κ2) is 8.00. The normalized spacial score (nSPS) is 12.0. The minimum absolute atomic E-state index is 0.125. The first kappa shape index (κ1) is 16.6. The molecule has 116 valence electrons. The van der Waals surface area contributed by atoms with Gasteiger partial charge in [0.1, 0.15) is 0 Å². The molecule has 2 nitrogen and oxygen atoms in total. The van der Waals surface area contributed by atoms with Crippen LogP contribution in [0.3, 0.4) is 0 Å². The van der Waals surface area contributed by atoms with Crippen molar-refractivity contribution in [3.05, 3.63) is 64.7 Å². The molecule has 2 rings (SSSR count). The fraction of sp³-hybridized carbons (Fsp3) is 0.316. The summed E-state index contributed by atoms with van der Waals surface area (Å²) in [5, 5.41) is 3.94. The van der Waals surface area contributed by atoms with Crippen LogP contribution in [0.15, 0.2) is 48.5 Å². The summed E-state index contributed by atoms with van der Waals surface area (Å²) in [6.45, 7) is 5.05. The van der Waals surface area contributed by atoms with Gasteiger partial charge in [0.05, 0.1) is 0 Å². The highest BCUT2D eigenvalue weighted by molar-refractivity contribution is 6.30. The molecule has 22 heavy (non-hydrogen) atoms. The van der Waals surface area contributed by atoms with E-state index in [4.69, 9.17) is 11.6 Å². The van der Waals surface area contributed by atoms with E-state index in [9.17, 15) is 4.79 Å².